The highest BCUT2D eigenvalue weighted by Crippen LogP contribution is 2.37. The first-order valence-electron chi connectivity index (χ1n) is 6.34. The maximum Gasteiger partial charge on any atom is 0.230 e. The summed E-state index contributed by atoms with van der Waals surface area (Å²) in [6.45, 7) is 2.00. The Kier molecular flexibility index (Phi) is 2.98. The second-order valence-electron chi connectivity index (χ2n) is 4.98. The maximum absolute atomic E-state index is 9.31. The Labute approximate surface area is 111 Å². The third kappa shape index (κ3) is 2.21. The van der Waals surface area contributed by atoms with Crippen LogP contribution in [0.5, 0.6) is 5.75 Å². The predicted octanol–water partition coefficient (Wildman–Crippen LogP) is 2.29. The second kappa shape index (κ2) is 4.66. The van der Waals surface area contributed by atoms with Crippen LogP contribution in [0.1, 0.15) is 30.2 Å². The first-order chi connectivity index (χ1) is 9.17. The third-order valence-corrected chi connectivity index (χ3v) is 3.50. The van der Waals surface area contributed by atoms with Gasteiger partial charge in [-0.15, -0.1) is 0 Å². The molecule has 100 valence electrons. The van der Waals surface area contributed by atoms with Crippen molar-refractivity contribution in [3.05, 3.63) is 29.7 Å². The zero-order valence-electron chi connectivity index (χ0n) is 11.0. The van der Waals surface area contributed by atoms with Gasteiger partial charge in [-0.25, -0.2) is 0 Å². The number of aliphatic hydroxyl groups excluding tert-OH is 1. The van der Waals surface area contributed by atoms with Crippen molar-refractivity contribution in [1.29, 1.82) is 0 Å². The van der Waals surface area contributed by atoms with E-state index in [1.54, 1.807) is 7.11 Å². The molecule has 5 nitrogen and oxygen atoms in total. The first-order valence-corrected chi connectivity index (χ1v) is 6.34. The topological polar surface area (TPSA) is 68.4 Å². The minimum atomic E-state index is -0.228. The minimum Gasteiger partial charge on any atom is -0.496 e. The molecule has 1 aromatic carbocycles. The number of hydrogen-bond donors (Lipinski definition) is 1. The fraction of sp³-hybridized carbons (Fsp3) is 0.429. The largest absolute Gasteiger partial charge is 0.496 e. The zero-order valence-corrected chi connectivity index (χ0v) is 11.0. The molecule has 1 N–H and O–H groups in total. The molecule has 3 rings (SSSR count). The van der Waals surface area contributed by atoms with Gasteiger partial charge in [-0.3, -0.25) is 0 Å². The quantitative estimate of drug-likeness (QED) is 0.917. The molecule has 0 amide bonds. The Bertz CT molecular complexity index is 588. The van der Waals surface area contributed by atoms with E-state index in [1.165, 1.54) is 0 Å². The number of methoxy groups -OCH3 is 1. The lowest BCUT2D eigenvalue weighted by Gasteiger charge is -2.27. The molecule has 2 aromatic rings. The van der Waals surface area contributed by atoms with Crippen LogP contribution in [0.15, 0.2) is 22.7 Å². The van der Waals surface area contributed by atoms with E-state index in [9.17, 15) is 5.11 Å². The molecule has 0 bridgehead atoms. The van der Waals surface area contributed by atoms with Gasteiger partial charge in [-0.1, -0.05) is 11.2 Å². The van der Waals surface area contributed by atoms with Crippen LogP contribution in [0.4, 0.5) is 0 Å². The maximum atomic E-state index is 9.31. The summed E-state index contributed by atoms with van der Waals surface area (Å²) in [6, 6.07) is 5.86. The van der Waals surface area contributed by atoms with Crippen LogP contribution in [-0.4, -0.2) is 28.5 Å². The van der Waals surface area contributed by atoms with Gasteiger partial charge in [-0.05, 0) is 37.5 Å². The fourth-order valence-corrected chi connectivity index (χ4v) is 2.28. The van der Waals surface area contributed by atoms with Crippen molar-refractivity contribution in [1.82, 2.24) is 10.1 Å². The van der Waals surface area contributed by atoms with Crippen molar-refractivity contribution in [3.63, 3.8) is 0 Å². The van der Waals surface area contributed by atoms with Crippen molar-refractivity contribution < 1.29 is 14.4 Å². The van der Waals surface area contributed by atoms with Gasteiger partial charge in [0.1, 0.15) is 5.75 Å². The van der Waals surface area contributed by atoms with Crippen LogP contribution < -0.4 is 4.74 Å². The van der Waals surface area contributed by atoms with Crippen molar-refractivity contribution in [2.75, 3.05) is 7.11 Å². The van der Waals surface area contributed by atoms with Gasteiger partial charge in [0, 0.05) is 5.92 Å². The molecule has 0 unspecified atom stereocenters. The normalized spacial score (nSPS) is 22.1. The van der Waals surface area contributed by atoms with Crippen LogP contribution in [0, 0.1) is 6.92 Å². The van der Waals surface area contributed by atoms with Crippen LogP contribution >= 0.6 is 0 Å². The predicted molar refractivity (Wildman–Crippen MR) is 69.0 cm³/mol. The van der Waals surface area contributed by atoms with Gasteiger partial charge >= 0.3 is 0 Å². The van der Waals surface area contributed by atoms with E-state index in [-0.39, 0.29) is 12.0 Å². The molecular weight excluding hydrogens is 244 g/mol. The highest BCUT2D eigenvalue weighted by molar-refractivity contribution is 5.64. The Morgan fingerprint density at radius 1 is 1.37 bits per heavy atom. The molecule has 5 heteroatoms. The summed E-state index contributed by atoms with van der Waals surface area (Å²) in [5.74, 6) is 2.06. The second-order valence-corrected chi connectivity index (χ2v) is 4.98. The average molecular weight is 260 g/mol. The molecule has 1 heterocycles. The van der Waals surface area contributed by atoms with Gasteiger partial charge in [0.05, 0.1) is 18.8 Å². The van der Waals surface area contributed by atoms with E-state index in [2.05, 4.69) is 10.1 Å². The number of nitrogens with zero attached hydrogens (tertiary/aromatic N) is 2. The SMILES string of the molecule is COc1cc(C)ccc1-c1noc(C2CC(O)C2)n1. The Hall–Kier alpha value is -1.88. The van der Waals surface area contributed by atoms with E-state index in [0.29, 0.717) is 24.6 Å². The molecule has 0 radical (unpaired) electrons. The van der Waals surface area contributed by atoms with Crippen LogP contribution in [-0.2, 0) is 0 Å². The summed E-state index contributed by atoms with van der Waals surface area (Å²) >= 11 is 0. The summed E-state index contributed by atoms with van der Waals surface area (Å²) in [6.07, 6.45) is 1.17. The number of aromatic nitrogens is 2. The van der Waals surface area contributed by atoms with Gasteiger partial charge in [0.2, 0.25) is 11.7 Å². The van der Waals surface area contributed by atoms with Crippen LogP contribution in [0.2, 0.25) is 0 Å². The molecule has 19 heavy (non-hydrogen) atoms. The van der Waals surface area contributed by atoms with Crippen molar-refractivity contribution in [3.8, 4) is 17.1 Å². The van der Waals surface area contributed by atoms with Crippen LogP contribution in [0.3, 0.4) is 0 Å². The van der Waals surface area contributed by atoms with Crippen molar-refractivity contribution in [2.45, 2.75) is 31.8 Å². The lowest BCUT2D eigenvalue weighted by molar-refractivity contribution is 0.0625. The highest BCUT2D eigenvalue weighted by Gasteiger charge is 2.33. The number of rotatable bonds is 3. The Morgan fingerprint density at radius 2 is 2.16 bits per heavy atom. The molecule has 0 aliphatic heterocycles. The first kappa shape index (κ1) is 12.2. The number of hydrogen-bond acceptors (Lipinski definition) is 5. The van der Waals surface area contributed by atoms with E-state index in [0.717, 1.165) is 16.9 Å². The average Bonchev–Trinajstić information content (AvgIpc) is 2.83. The summed E-state index contributed by atoms with van der Waals surface area (Å²) in [4.78, 5) is 4.41. The monoisotopic (exact) mass is 260 g/mol. The van der Waals surface area contributed by atoms with Gasteiger partial charge in [-0.2, -0.15) is 4.98 Å². The number of aliphatic hydroxyl groups is 1. The third-order valence-electron chi connectivity index (χ3n) is 3.50. The van der Waals surface area contributed by atoms with Crippen LogP contribution in [0.25, 0.3) is 11.4 Å². The summed E-state index contributed by atoms with van der Waals surface area (Å²) in [7, 11) is 1.63. The van der Waals surface area contributed by atoms with E-state index in [1.807, 2.05) is 25.1 Å². The Balaban J connectivity index is 1.90. The molecule has 0 spiro atoms. The number of aryl methyl sites for hydroxylation is 1. The van der Waals surface area contributed by atoms with Crippen molar-refractivity contribution >= 4 is 0 Å². The summed E-state index contributed by atoms with van der Waals surface area (Å²) in [5.41, 5.74) is 1.94. The van der Waals surface area contributed by atoms with E-state index in [4.69, 9.17) is 9.26 Å². The standard InChI is InChI=1S/C14H16N2O3/c1-8-3-4-11(12(5-8)18-2)13-15-14(19-16-13)9-6-10(17)7-9/h3-5,9-10,17H,6-7H2,1-2H3. The summed E-state index contributed by atoms with van der Waals surface area (Å²) < 4.78 is 10.6. The summed E-state index contributed by atoms with van der Waals surface area (Å²) in [5, 5.41) is 13.3. The van der Waals surface area contributed by atoms with Gasteiger partial charge in [0.25, 0.3) is 0 Å². The highest BCUT2D eigenvalue weighted by atomic mass is 16.5. The van der Waals surface area contributed by atoms with Gasteiger partial charge in [0.15, 0.2) is 0 Å². The lowest BCUT2D eigenvalue weighted by atomic mass is 9.82. The van der Waals surface area contributed by atoms with Gasteiger partial charge < -0.3 is 14.4 Å². The molecule has 0 saturated heterocycles. The molecular formula is C14H16N2O3. The van der Waals surface area contributed by atoms with Crippen molar-refractivity contribution in [2.24, 2.45) is 0 Å². The lowest BCUT2D eigenvalue weighted by Crippen LogP contribution is -2.26. The fourth-order valence-electron chi connectivity index (χ4n) is 2.28. The molecule has 1 aromatic heterocycles. The molecule has 1 aliphatic rings. The number of ether oxygens (including phenoxy) is 1. The molecule has 1 saturated carbocycles. The van der Waals surface area contributed by atoms with E-state index < -0.39 is 0 Å². The zero-order chi connectivity index (χ0) is 13.4. The molecule has 0 atom stereocenters. The minimum absolute atomic E-state index is 0.188. The van der Waals surface area contributed by atoms with E-state index >= 15 is 0 Å². The Morgan fingerprint density at radius 3 is 2.84 bits per heavy atom. The molecule has 1 aliphatic carbocycles. The molecule has 1 fully saturated rings. The number of benzene rings is 1. The smallest absolute Gasteiger partial charge is 0.230 e.